The quantitative estimate of drug-likeness (QED) is 0.401. The van der Waals surface area contributed by atoms with Crippen molar-refractivity contribution in [2.45, 2.75) is 10.8 Å². The standard InChI is InChI=1S/C27H30N4O3S2/c1-34-24-11-5-10-22(17-24)28-25(32)20-36-27-29-23(19-35-27)18-26(33)31-15-13-30(14-16-31)12-6-9-21-7-3-2-4-8-21/h2-11,17,19H,12-16,18,20H2,1H3,(H,28,32)/b9-6+. The van der Waals surface area contributed by atoms with Gasteiger partial charge in [-0.2, -0.15) is 0 Å². The van der Waals surface area contributed by atoms with Gasteiger partial charge in [-0.25, -0.2) is 4.98 Å². The van der Waals surface area contributed by atoms with Crippen molar-refractivity contribution in [3.8, 4) is 5.75 Å². The molecule has 9 heteroatoms. The Morgan fingerprint density at radius 3 is 2.69 bits per heavy atom. The number of thioether (sulfide) groups is 1. The summed E-state index contributed by atoms with van der Waals surface area (Å²) in [5, 5.41) is 4.77. The maximum atomic E-state index is 12.8. The highest BCUT2D eigenvalue weighted by Crippen LogP contribution is 2.24. The molecule has 1 aliphatic rings. The molecule has 0 bridgehead atoms. The van der Waals surface area contributed by atoms with Crippen molar-refractivity contribution < 1.29 is 14.3 Å². The lowest BCUT2D eigenvalue weighted by molar-refractivity contribution is -0.132. The monoisotopic (exact) mass is 522 g/mol. The fourth-order valence-corrected chi connectivity index (χ4v) is 5.45. The van der Waals surface area contributed by atoms with Crippen LogP contribution in [0.3, 0.4) is 0 Å². The third-order valence-corrected chi connectivity index (χ3v) is 7.81. The Hall–Kier alpha value is -3.14. The van der Waals surface area contributed by atoms with Crippen LogP contribution in [0, 0.1) is 0 Å². The number of piperazine rings is 1. The van der Waals surface area contributed by atoms with Gasteiger partial charge in [0.15, 0.2) is 4.34 Å². The number of amides is 2. The first-order chi connectivity index (χ1) is 17.6. The SMILES string of the molecule is COc1cccc(NC(=O)CSc2nc(CC(=O)N3CCN(C/C=C/c4ccccc4)CC3)cs2)c1. The lowest BCUT2D eigenvalue weighted by Gasteiger charge is -2.34. The molecular formula is C27H30N4O3S2. The number of carbonyl (C=O) groups is 2. The molecule has 0 atom stereocenters. The summed E-state index contributed by atoms with van der Waals surface area (Å²) in [5.74, 6) is 0.930. The van der Waals surface area contributed by atoms with E-state index in [9.17, 15) is 9.59 Å². The summed E-state index contributed by atoms with van der Waals surface area (Å²) in [6, 6.07) is 17.5. The molecule has 36 heavy (non-hydrogen) atoms. The Kier molecular flexibility index (Phi) is 9.54. The average Bonchev–Trinajstić information content (AvgIpc) is 3.36. The summed E-state index contributed by atoms with van der Waals surface area (Å²) in [5.41, 5.74) is 2.65. The maximum Gasteiger partial charge on any atom is 0.234 e. The van der Waals surface area contributed by atoms with Gasteiger partial charge in [0.1, 0.15) is 5.75 Å². The van der Waals surface area contributed by atoms with Gasteiger partial charge in [-0.3, -0.25) is 14.5 Å². The van der Waals surface area contributed by atoms with Crippen molar-refractivity contribution in [2.75, 3.05) is 50.9 Å². The van der Waals surface area contributed by atoms with Crippen molar-refractivity contribution in [2.24, 2.45) is 0 Å². The van der Waals surface area contributed by atoms with Crippen LogP contribution in [0.1, 0.15) is 11.3 Å². The van der Waals surface area contributed by atoms with E-state index in [1.807, 2.05) is 46.7 Å². The molecule has 0 aliphatic carbocycles. The van der Waals surface area contributed by atoms with Gasteiger partial charge in [-0.15, -0.1) is 11.3 Å². The number of nitrogens with one attached hydrogen (secondary N) is 1. The van der Waals surface area contributed by atoms with E-state index in [4.69, 9.17) is 4.74 Å². The smallest absolute Gasteiger partial charge is 0.234 e. The third-order valence-electron chi connectivity index (χ3n) is 5.74. The van der Waals surface area contributed by atoms with Crippen molar-refractivity contribution in [3.63, 3.8) is 0 Å². The number of carbonyl (C=O) groups excluding carboxylic acids is 2. The van der Waals surface area contributed by atoms with Crippen LogP contribution in [-0.2, 0) is 16.0 Å². The van der Waals surface area contributed by atoms with Gasteiger partial charge >= 0.3 is 0 Å². The zero-order chi connectivity index (χ0) is 25.2. The van der Waals surface area contributed by atoms with Crippen LogP contribution in [0.2, 0.25) is 0 Å². The molecule has 7 nitrogen and oxygen atoms in total. The number of nitrogens with zero attached hydrogens (tertiary/aromatic N) is 3. The maximum absolute atomic E-state index is 12.8. The normalized spacial score (nSPS) is 14.2. The minimum atomic E-state index is -0.113. The van der Waals surface area contributed by atoms with Crippen LogP contribution in [-0.4, -0.2) is 72.2 Å². The molecule has 3 aromatic rings. The van der Waals surface area contributed by atoms with Gasteiger partial charge in [0.2, 0.25) is 11.8 Å². The Labute approximate surface area is 220 Å². The number of hydrogen-bond donors (Lipinski definition) is 1. The minimum Gasteiger partial charge on any atom is -0.497 e. The number of aromatic nitrogens is 1. The molecule has 0 spiro atoms. The van der Waals surface area contributed by atoms with Gasteiger partial charge in [-0.1, -0.05) is 60.3 Å². The number of methoxy groups -OCH3 is 1. The number of hydrogen-bond acceptors (Lipinski definition) is 7. The highest BCUT2D eigenvalue weighted by molar-refractivity contribution is 8.01. The fourth-order valence-electron chi connectivity index (χ4n) is 3.81. The van der Waals surface area contributed by atoms with E-state index < -0.39 is 0 Å². The highest BCUT2D eigenvalue weighted by Gasteiger charge is 2.21. The number of ether oxygens (including phenoxy) is 1. The molecular weight excluding hydrogens is 492 g/mol. The first-order valence-corrected chi connectivity index (χ1v) is 13.7. The lowest BCUT2D eigenvalue weighted by atomic mass is 10.2. The van der Waals surface area contributed by atoms with Crippen molar-refractivity contribution in [1.29, 1.82) is 0 Å². The molecule has 0 radical (unpaired) electrons. The Morgan fingerprint density at radius 1 is 1.11 bits per heavy atom. The predicted molar refractivity (Wildman–Crippen MR) is 147 cm³/mol. The summed E-state index contributed by atoms with van der Waals surface area (Å²) in [4.78, 5) is 33.9. The Morgan fingerprint density at radius 2 is 1.92 bits per heavy atom. The first kappa shape index (κ1) is 25.9. The summed E-state index contributed by atoms with van der Waals surface area (Å²) >= 11 is 2.84. The Bertz CT molecular complexity index is 1170. The van der Waals surface area contributed by atoms with E-state index in [-0.39, 0.29) is 17.6 Å². The van der Waals surface area contributed by atoms with Crippen LogP contribution < -0.4 is 10.1 Å². The predicted octanol–water partition coefficient (Wildman–Crippen LogP) is 4.28. The molecule has 1 aromatic heterocycles. The molecule has 0 unspecified atom stereocenters. The fraction of sp³-hybridized carbons (Fsp3) is 0.296. The molecule has 1 aliphatic heterocycles. The van der Waals surface area contributed by atoms with Crippen LogP contribution in [0.5, 0.6) is 5.75 Å². The molecule has 1 saturated heterocycles. The molecule has 1 fully saturated rings. The number of benzene rings is 2. The van der Waals surface area contributed by atoms with Crippen LogP contribution in [0.25, 0.3) is 6.08 Å². The van der Waals surface area contributed by atoms with Gasteiger partial charge in [0.05, 0.1) is 25.0 Å². The van der Waals surface area contributed by atoms with Crippen LogP contribution in [0.4, 0.5) is 5.69 Å². The van der Waals surface area contributed by atoms with Gasteiger partial charge in [0, 0.05) is 49.9 Å². The highest BCUT2D eigenvalue weighted by atomic mass is 32.2. The number of rotatable bonds is 10. The topological polar surface area (TPSA) is 74.8 Å². The third kappa shape index (κ3) is 7.94. The van der Waals surface area contributed by atoms with Gasteiger partial charge in [0.25, 0.3) is 0 Å². The Balaban J connectivity index is 1.16. The van der Waals surface area contributed by atoms with Crippen molar-refractivity contribution >= 4 is 46.7 Å². The minimum absolute atomic E-state index is 0.104. The molecule has 1 N–H and O–H groups in total. The number of thiazole rings is 1. The first-order valence-electron chi connectivity index (χ1n) is 11.8. The lowest BCUT2D eigenvalue weighted by Crippen LogP contribution is -2.49. The molecule has 188 valence electrons. The second kappa shape index (κ2) is 13.2. The largest absolute Gasteiger partial charge is 0.497 e. The summed E-state index contributed by atoms with van der Waals surface area (Å²) in [6.45, 7) is 4.08. The van der Waals surface area contributed by atoms with E-state index in [2.05, 4.69) is 39.5 Å². The van der Waals surface area contributed by atoms with E-state index >= 15 is 0 Å². The van der Waals surface area contributed by atoms with Gasteiger partial charge in [-0.05, 0) is 17.7 Å². The second-order valence-electron chi connectivity index (χ2n) is 8.34. The van der Waals surface area contributed by atoms with E-state index in [0.29, 0.717) is 17.9 Å². The molecule has 4 rings (SSSR count). The molecule has 2 amide bonds. The average molecular weight is 523 g/mol. The number of anilines is 1. The van der Waals surface area contributed by atoms with E-state index in [1.54, 1.807) is 13.2 Å². The summed E-state index contributed by atoms with van der Waals surface area (Å²) < 4.78 is 5.96. The second-order valence-corrected chi connectivity index (χ2v) is 10.4. The zero-order valence-electron chi connectivity index (χ0n) is 20.3. The van der Waals surface area contributed by atoms with Crippen molar-refractivity contribution in [3.05, 3.63) is 77.3 Å². The van der Waals surface area contributed by atoms with E-state index in [1.165, 1.54) is 28.7 Å². The van der Waals surface area contributed by atoms with Crippen LogP contribution in [0.15, 0.2) is 70.4 Å². The molecule has 0 saturated carbocycles. The van der Waals surface area contributed by atoms with Crippen LogP contribution >= 0.6 is 23.1 Å². The van der Waals surface area contributed by atoms with E-state index in [0.717, 1.165) is 42.8 Å². The van der Waals surface area contributed by atoms with Crippen molar-refractivity contribution in [1.82, 2.24) is 14.8 Å². The summed E-state index contributed by atoms with van der Waals surface area (Å²) in [6.07, 6.45) is 4.61. The molecule has 2 aromatic carbocycles. The molecule has 2 heterocycles. The van der Waals surface area contributed by atoms with Gasteiger partial charge < -0.3 is 15.0 Å². The zero-order valence-corrected chi connectivity index (χ0v) is 21.9. The summed E-state index contributed by atoms with van der Waals surface area (Å²) in [7, 11) is 1.59.